The molecule has 0 radical (unpaired) electrons. The summed E-state index contributed by atoms with van der Waals surface area (Å²) in [5.41, 5.74) is 5.57. The molecule has 0 aromatic carbocycles. The molecule has 3 atom stereocenters. The molecule has 0 amide bonds. The van der Waals surface area contributed by atoms with Gasteiger partial charge in [-0.1, -0.05) is 19.8 Å². The molecule has 2 aromatic heterocycles. The Morgan fingerprint density at radius 1 is 1.21 bits per heavy atom. The number of hydrogen-bond donors (Lipinski definition) is 3. The van der Waals surface area contributed by atoms with Gasteiger partial charge < -0.3 is 29.3 Å². The van der Waals surface area contributed by atoms with Gasteiger partial charge in [0.15, 0.2) is 11.5 Å². The zero-order chi connectivity index (χ0) is 28.3. The highest BCUT2D eigenvalue weighted by atomic mass is 31.2. The highest BCUT2D eigenvalue weighted by molar-refractivity contribution is 7.59. The van der Waals surface area contributed by atoms with Crippen molar-refractivity contribution in [1.82, 2.24) is 29.7 Å². The van der Waals surface area contributed by atoms with Crippen molar-refractivity contribution in [2.45, 2.75) is 91.1 Å². The number of nitrogens with one attached hydrogen (secondary N) is 2. The van der Waals surface area contributed by atoms with Crippen molar-refractivity contribution >= 4 is 36.7 Å². The first-order chi connectivity index (χ1) is 17.9. The first-order valence-electron chi connectivity index (χ1n) is 12.8. The van der Waals surface area contributed by atoms with Gasteiger partial charge in [-0.15, -0.1) is 0 Å². The van der Waals surface area contributed by atoms with Crippen LogP contribution in [-0.2, 0) is 34.9 Å². The minimum Gasteiger partial charge on any atom is -0.464 e. The Hall–Kier alpha value is -2.44. The molecule has 2 rings (SSSR count). The van der Waals surface area contributed by atoms with Crippen LogP contribution in [0, 0.1) is 0 Å². The number of imidazole rings is 1. The van der Waals surface area contributed by atoms with Gasteiger partial charge in [0.2, 0.25) is 7.44 Å². The summed E-state index contributed by atoms with van der Waals surface area (Å²) in [5.74, 6) is -0.278. The predicted octanol–water partition coefficient (Wildman–Crippen LogP) is 2.65. The van der Waals surface area contributed by atoms with Crippen molar-refractivity contribution < 1.29 is 28.4 Å². The monoisotopic (exact) mass is 555 g/mol. The van der Waals surface area contributed by atoms with Gasteiger partial charge in [-0.2, -0.15) is 0 Å². The third-order valence-electron chi connectivity index (χ3n) is 5.52. The van der Waals surface area contributed by atoms with Crippen LogP contribution in [0.15, 0.2) is 12.7 Å². The van der Waals surface area contributed by atoms with Crippen LogP contribution in [0.5, 0.6) is 0 Å². The molecule has 0 bridgehead atoms. The van der Waals surface area contributed by atoms with Crippen LogP contribution in [0.25, 0.3) is 11.2 Å². The van der Waals surface area contributed by atoms with E-state index in [4.69, 9.17) is 19.9 Å². The lowest BCUT2D eigenvalue weighted by Crippen LogP contribution is -2.50. The second-order valence-electron chi connectivity index (χ2n) is 10.0. The van der Waals surface area contributed by atoms with E-state index in [1.165, 1.54) is 6.33 Å². The number of aldehydes is 1. The van der Waals surface area contributed by atoms with Crippen molar-refractivity contribution in [3.05, 3.63) is 12.7 Å². The lowest BCUT2D eigenvalue weighted by atomic mass is 10.1. The SMILES string of the molecule is CCCCCOC(=O)C(C)(C)NP(=O)(CO[C@H](C)Cn1cnc2c(N)ncnc21)N[C@@H](C=O)COC(C)C. The van der Waals surface area contributed by atoms with Crippen LogP contribution in [0.4, 0.5) is 5.82 Å². The summed E-state index contributed by atoms with van der Waals surface area (Å²) in [5, 5.41) is 5.72. The van der Waals surface area contributed by atoms with Crippen molar-refractivity contribution in [1.29, 1.82) is 0 Å². The number of unbranched alkanes of at least 4 members (excludes halogenated alkanes) is 2. The average molecular weight is 556 g/mol. The first kappa shape index (κ1) is 31.8. The van der Waals surface area contributed by atoms with Crippen LogP contribution < -0.4 is 15.9 Å². The molecule has 14 heteroatoms. The Kier molecular flexibility index (Phi) is 12.2. The predicted molar refractivity (Wildman–Crippen MR) is 145 cm³/mol. The average Bonchev–Trinajstić information content (AvgIpc) is 3.26. The number of carbonyl (C=O) groups is 2. The summed E-state index contributed by atoms with van der Waals surface area (Å²) in [4.78, 5) is 36.9. The maximum Gasteiger partial charge on any atom is 0.326 e. The molecule has 0 spiro atoms. The number of carbonyl (C=O) groups excluding carboxylic acids is 2. The van der Waals surface area contributed by atoms with E-state index in [9.17, 15) is 14.2 Å². The number of aromatic nitrogens is 4. The Morgan fingerprint density at radius 3 is 2.61 bits per heavy atom. The van der Waals surface area contributed by atoms with Crippen molar-refractivity contribution in [3.63, 3.8) is 0 Å². The fourth-order valence-corrected chi connectivity index (χ4v) is 5.90. The number of nitrogen functional groups attached to an aromatic ring is 1. The number of anilines is 1. The zero-order valence-electron chi connectivity index (χ0n) is 23.2. The molecule has 2 aromatic rings. The summed E-state index contributed by atoms with van der Waals surface area (Å²) >= 11 is 0. The normalized spacial score (nSPS) is 15.3. The minimum atomic E-state index is -3.68. The number of nitrogens with zero attached hydrogens (tertiary/aromatic N) is 4. The first-order valence-corrected chi connectivity index (χ1v) is 14.7. The van der Waals surface area contributed by atoms with Gasteiger partial charge in [-0.25, -0.2) is 25.1 Å². The summed E-state index contributed by atoms with van der Waals surface area (Å²) in [6.07, 6.45) is 5.36. The quantitative estimate of drug-likeness (QED) is 0.106. The number of rotatable bonds is 18. The fourth-order valence-electron chi connectivity index (χ4n) is 3.56. The van der Waals surface area contributed by atoms with Gasteiger partial charge in [0, 0.05) is 0 Å². The largest absolute Gasteiger partial charge is 0.464 e. The van der Waals surface area contributed by atoms with E-state index >= 15 is 0 Å². The van der Waals surface area contributed by atoms with Gasteiger partial charge in [0.1, 0.15) is 30.0 Å². The number of nitrogens with two attached hydrogens (primary N) is 1. The molecular weight excluding hydrogens is 513 g/mol. The third-order valence-corrected chi connectivity index (χ3v) is 7.71. The molecule has 13 nitrogen and oxygen atoms in total. The summed E-state index contributed by atoms with van der Waals surface area (Å²) in [7, 11) is -3.68. The van der Waals surface area contributed by atoms with E-state index in [1.807, 2.05) is 13.8 Å². The van der Waals surface area contributed by atoms with Gasteiger partial charge in [0.05, 0.1) is 44.3 Å². The Labute approximate surface area is 224 Å². The van der Waals surface area contributed by atoms with E-state index < -0.39 is 31.1 Å². The molecule has 0 aliphatic rings. The van der Waals surface area contributed by atoms with Crippen LogP contribution in [0.3, 0.4) is 0 Å². The standard InChI is InChI=1S/C24H42N7O6P/c1-7-8-9-10-35-23(33)24(5,6)30-38(34,29-19(12-32)13-36-17(2)3)16-37-18(4)11-31-15-28-20-21(25)26-14-27-22(20)31/h12,14-15,17-19H,7-11,13,16H2,1-6H3,(H2,25,26,27)(H2,29,30,34)/t18-,19+,38?/m1/s1. The number of hydrogen-bond acceptors (Lipinski definition) is 10. The Bertz CT molecular complexity index is 1090. The van der Waals surface area contributed by atoms with Crippen LogP contribution >= 0.6 is 7.44 Å². The van der Waals surface area contributed by atoms with E-state index in [2.05, 4.69) is 32.1 Å². The second kappa shape index (κ2) is 14.6. The minimum absolute atomic E-state index is 0.00638. The molecule has 1 unspecified atom stereocenters. The summed E-state index contributed by atoms with van der Waals surface area (Å²) in [6.45, 7) is 11.3. The van der Waals surface area contributed by atoms with E-state index in [0.29, 0.717) is 24.0 Å². The molecule has 0 fully saturated rings. The van der Waals surface area contributed by atoms with Crippen LogP contribution in [0.2, 0.25) is 0 Å². The lowest BCUT2D eigenvalue weighted by Gasteiger charge is -2.32. The van der Waals surface area contributed by atoms with Crippen molar-refractivity contribution in [3.8, 4) is 0 Å². The van der Waals surface area contributed by atoms with Crippen molar-refractivity contribution in [2.75, 3.05) is 25.3 Å². The third kappa shape index (κ3) is 9.70. The lowest BCUT2D eigenvalue weighted by molar-refractivity contribution is -0.149. The Morgan fingerprint density at radius 2 is 1.95 bits per heavy atom. The van der Waals surface area contributed by atoms with Crippen molar-refractivity contribution in [2.24, 2.45) is 0 Å². The molecule has 0 aliphatic heterocycles. The highest BCUT2D eigenvalue weighted by Crippen LogP contribution is 2.40. The maximum absolute atomic E-state index is 14.1. The van der Waals surface area contributed by atoms with Crippen LogP contribution in [0.1, 0.15) is 60.8 Å². The molecular formula is C24H42N7O6P. The molecule has 0 saturated heterocycles. The fraction of sp³-hybridized carbons (Fsp3) is 0.708. The van der Waals surface area contributed by atoms with Gasteiger partial charge in [-0.05, 0) is 41.0 Å². The number of ether oxygens (including phenoxy) is 3. The van der Waals surface area contributed by atoms with E-state index in [1.54, 1.807) is 31.7 Å². The maximum atomic E-state index is 14.1. The van der Waals surface area contributed by atoms with Gasteiger partial charge >= 0.3 is 5.97 Å². The molecule has 0 aliphatic carbocycles. The number of esters is 1. The Balaban J connectivity index is 2.14. The summed E-state index contributed by atoms with van der Waals surface area (Å²) in [6, 6.07) is -0.886. The van der Waals surface area contributed by atoms with Crippen LogP contribution in [-0.4, -0.2) is 75.1 Å². The highest BCUT2D eigenvalue weighted by Gasteiger charge is 2.39. The smallest absolute Gasteiger partial charge is 0.326 e. The topological polar surface area (TPSA) is 173 Å². The van der Waals surface area contributed by atoms with Gasteiger partial charge in [0.25, 0.3) is 0 Å². The molecule has 214 valence electrons. The zero-order valence-corrected chi connectivity index (χ0v) is 24.1. The summed E-state index contributed by atoms with van der Waals surface area (Å²) < 4.78 is 32.7. The van der Waals surface area contributed by atoms with E-state index in [-0.39, 0.29) is 31.5 Å². The molecule has 2 heterocycles. The molecule has 4 N–H and O–H groups in total. The molecule has 0 saturated carbocycles. The second-order valence-corrected chi connectivity index (χ2v) is 12.2. The van der Waals surface area contributed by atoms with E-state index in [0.717, 1.165) is 19.3 Å². The van der Waals surface area contributed by atoms with Gasteiger partial charge in [-0.3, -0.25) is 9.36 Å². The molecule has 38 heavy (non-hydrogen) atoms. The number of fused-ring (bicyclic) bond motifs is 1.